The highest BCUT2D eigenvalue weighted by Gasteiger charge is 2.23. The van der Waals surface area contributed by atoms with Crippen LogP contribution < -0.4 is 4.74 Å². The van der Waals surface area contributed by atoms with Gasteiger partial charge in [-0.05, 0) is 18.7 Å². The number of nitrogens with zero attached hydrogens (tertiary/aromatic N) is 1. The molecule has 0 atom stereocenters. The Balaban J connectivity index is 3.09. The van der Waals surface area contributed by atoms with Gasteiger partial charge in [-0.15, -0.1) is 0 Å². The lowest BCUT2D eigenvalue weighted by molar-refractivity contribution is -0.385. The number of benzene rings is 1. The number of halogens is 1. The summed E-state index contributed by atoms with van der Waals surface area (Å²) in [5.41, 5.74) is 0.0312. The quantitative estimate of drug-likeness (QED) is 0.325. The summed E-state index contributed by atoms with van der Waals surface area (Å²) >= 11 is 4.83. The standard InChI is InChI=1S/C12H14BrNO4S/c1-3-19-5-4-18-12-10(8(2)15)6-9(13)7-11(12)14(16)17/h6-7H,3-5H2,1-2H3. The van der Waals surface area contributed by atoms with Gasteiger partial charge in [0.15, 0.2) is 5.78 Å². The molecule has 0 aliphatic heterocycles. The Morgan fingerprint density at radius 1 is 1.53 bits per heavy atom. The lowest BCUT2D eigenvalue weighted by atomic mass is 10.1. The molecule has 0 aromatic heterocycles. The summed E-state index contributed by atoms with van der Waals surface area (Å²) in [6.07, 6.45) is 0. The van der Waals surface area contributed by atoms with Crippen LogP contribution in [0.15, 0.2) is 16.6 Å². The third-order valence-electron chi connectivity index (χ3n) is 2.29. The van der Waals surface area contributed by atoms with Gasteiger partial charge < -0.3 is 4.74 Å². The number of hydrogen-bond acceptors (Lipinski definition) is 5. The molecule has 0 aliphatic carbocycles. The first-order valence-electron chi connectivity index (χ1n) is 5.66. The Bertz CT molecular complexity index is 458. The van der Waals surface area contributed by atoms with Crippen molar-refractivity contribution >= 4 is 39.2 Å². The fourth-order valence-corrected chi connectivity index (χ4v) is 2.41. The summed E-state index contributed by atoms with van der Waals surface area (Å²) in [7, 11) is 0. The number of carbonyl (C=O) groups excluding carboxylic acids is 1. The number of hydrogen-bond donors (Lipinski definition) is 0. The van der Waals surface area contributed by atoms with E-state index in [1.165, 1.54) is 19.1 Å². The van der Waals surface area contributed by atoms with E-state index in [9.17, 15) is 14.9 Å². The Kier molecular flexibility index (Phi) is 6.30. The van der Waals surface area contributed by atoms with Gasteiger partial charge in [-0.2, -0.15) is 11.8 Å². The van der Waals surface area contributed by atoms with Crippen LogP contribution in [0.3, 0.4) is 0 Å². The fraction of sp³-hybridized carbons (Fsp3) is 0.417. The van der Waals surface area contributed by atoms with Crippen LogP contribution in [0.1, 0.15) is 24.2 Å². The van der Waals surface area contributed by atoms with Crippen LogP contribution in [0.2, 0.25) is 0 Å². The molecule has 0 unspecified atom stereocenters. The van der Waals surface area contributed by atoms with E-state index in [0.29, 0.717) is 11.1 Å². The summed E-state index contributed by atoms with van der Waals surface area (Å²) < 4.78 is 5.93. The molecule has 0 heterocycles. The summed E-state index contributed by atoms with van der Waals surface area (Å²) in [6, 6.07) is 2.88. The van der Waals surface area contributed by atoms with E-state index >= 15 is 0 Å². The van der Waals surface area contributed by atoms with Crippen LogP contribution in [0.5, 0.6) is 5.75 Å². The molecule has 0 amide bonds. The van der Waals surface area contributed by atoms with Gasteiger partial charge in [0.05, 0.1) is 17.1 Å². The largest absolute Gasteiger partial charge is 0.485 e. The van der Waals surface area contributed by atoms with Gasteiger partial charge in [0.25, 0.3) is 0 Å². The van der Waals surface area contributed by atoms with Crippen molar-refractivity contribution in [3.63, 3.8) is 0 Å². The zero-order valence-electron chi connectivity index (χ0n) is 10.6. The van der Waals surface area contributed by atoms with Gasteiger partial charge >= 0.3 is 5.69 Å². The number of rotatable bonds is 7. The molecule has 0 bridgehead atoms. The average molecular weight is 348 g/mol. The minimum Gasteiger partial charge on any atom is -0.485 e. The number of thioether (sulfide) groups is 1. The van der Waals surface area contributed by atoms with Crippen molar-refractivity contribution in [2.45, 2.75) is 13.8 Å². The number of nitro groups is 1. The Morgan fingerprint density at radius 3 is 2.74 bits per heavy atom. The predicted octanol–water partition coefficient (Wildman–Crippen LogP) is 3.69. The molecule has 0 fully saturated rings. The highest BCUT2D eigenvalue weighted by atomic mass is 79.9. The van der Waals surface area contributed by atoms with Crippen molar-refractivity contribution in [2.75, 3.05) is 18.1 Å². The van der Waals surface area contributed by atoms with E-state index in [2.05, 4.69) is 15.9 Å². The van der Waals surface area contributed by atoms with Crippen LogP contribution in [0.25, 0.3) is 0 Å². The first-order chi connectivity index (χ1) is 8.97. The monoisotopic (exact) mass is 347 g/mol. The SMILES string of the molecule is CCSCCOc1c(C(C)=O)cc(Br)cc1[N+](=O)[O-]. The average Bonchev–Trinajstić information content (AvgIpc) is 2.34. The first kappa shape index (κ1) is 16.0. The van der Waals surface area contributed by atoms with E-state index in [4.69, 9.17) is 4.74 Å². The topological polar surface area (TPSA) is 69.4 Å². The number of ether oxygens (including phenoxy) is 1. The molecule has 0 saturated heterocycles. The summed E-state index contributed by atoms with van der Waals surface area (Å²) in [5, 5.41) is 11.0. The molecule has 0 aliphatic rings. The van der Waals surface area contributed by atoms with E-state index in [1.54, 1.807) is 11.8 Å². The van der Waals surface area contributed by atoms with Crippen LogP contribution in [-0.2, 0) is 0 Å². The highest BCUT2D eigenvalue weighted by Crippen LogP contribution is 2.35. The molecular formula is C12H14BrNO4S. The third-order valence-corrected chi connectivity index (χ3v) is 3.61. The van der Waals surface area contributed by atoms with Crippen LogP contribution in [0.4, 0.5) is 5.69 Å². The minimum atomic E-state index is -0.542. The predicted molar refractivity (Wildman–Crippen MR) is 79.3 cm³/mol. The summed E-state index contributed by atoms with van der Waals surface area (Å²) in [6.45, 7) is 3.72. The summed E-state index contributed by atoms with van der Waals surface area (Å²) in [5.74, 6) is 1.46. The van der Waals surface area contributed by atoms with Crippen molar-refractivity contribution in [2.24, 2.45) is 0 Å². The highest BCUT2D eigenvalue weighted by molar-refractivity contribution is 9.10. The molecule has 7 heteroatoms. The van der Waals surface area contributed by atoms with Crippen molar-refractivity contribution in [1.82, 2.24) is 0 Å². The Hall–Kier alpha value is -1.08. The Morgan fingerprint density at radius 2 is 2.21 bits per heavy atom. The molecule has 19 heavy (non-hydrogen) atoms. The van der Waals surface area contributed by atoms with Crippen molar-refractivity contribution in [1.29, 1.82) is 0 Å². The van der Waals surface area contributed by atoms with E-state index in [0.717, 1.165) is 11.5 Å². The van der Waals surface area contributed by atoms with Gasteiger partial charge in [0, 0.05) is 16.3 Å². The molecule has 104 valence electrons. The van der Waals surface area contributed by atoms with Gasteiger partial charge in [-0.1, -0.05) is 22.9 Å². The lowest BCUT2D eigenvalue weighted by Gasteiger charge is -2.10. The van der Waals surface area contributed by atoms with E-state index < -0.39 is 4.92 Å². The van der Waals surface area contributed by atoms with E-state index in [1.807, 2.05) is 6.92 Å². The Labute approximate surface area is 124 Å². The fourth-order valence-electron chi connectivity index (χ4n) is 1.48. The second-order valence-electron chi connectivity index (χ2n) is 3.66. The van der Waals surface area contributed by atoms with Crippen molar-refractivity contribution in [3.05, 3.63) is 32.3 Å². The summed E-state index contributed by atoms with van der Waals surface area (Å²) in [4.78, 5) is 22.0. The normalized spacial score (nSPS) is 10.3. The second-order valence-corrected chi connectivity index (χ2v) is 5.97. The molecule has 5 nitrogen and oxygen atoms in total. The molecule has 1 aromatic carbocycles. The van der Waals surface area contributed by atoms with Crippen LogP contribution in [-0.4, -0.2) is 28.8 Å². The molecule has 0 N–H and O–H groups in total. The maximum absolute atomic E-state index is 11.6. The van der Waals surface area contributed by atoms with Gasteiger partial charge in [0.2, 0.25) is 5.75 Å². The minimum absolute atomic E-state index is 0.0532. The smallest absolute Gasteiger partial charge is 0.312 e. The maximum Gasteiger partial charge on any atom is 0.312 e. The molecule has 1 aromatic rings. The zero-order valence-corrected chi connectivity index (χ0v) is 13.0. The van der Waals surface area contributed by atoms with Gasteiger partial charge in [-0.25, -0.2) is 0 Å². The molecule has 0 saturated carbocycles. The van der Waals surface area contributed by atoms with Crippen LogP contribution >= 0.6 is 27.7 Å². The lowest BCUT2D eigenvalue weighted by Crippen LogP contribution is -2.07. The molecule has 0 spiro atoms. The second kappa shape index (κ2) is 7.49. The van der Waals surface area contributed by atoms with E-state index in [-0.39, 0.29) is 22.8 Å². The van der Waals surface area contributed by atoms with Gasteiger partial charge in [0.1, 0.15) is 0 Å². The van der Waals surface area contributed by atoms with Gasteiger partial charge in [-0.3, -0.25) is 14.9 Å². The molecule has 0 radical (unpaired) electrons. The number of carbonyl (C=O) groups is 1. The maximum atomic E-state index is 11.6. The third kappa shape index (κ3) is 4.50. The van der Waals surface area contributed by atoms with Crippen molar-refractivity contribution in [3.8, 4) is 5.75 Å². The molecular weight excluding hydrogens is 334 g/mol. The number of Topliss-reactive ketones (excluding diaryl/α,β-unsaturated/α-hetero) is 1. The van der Waals surface area contributed by atoms with Crippen molar-refractivity contribution < 1.29 is 14.5 Å². The zero-order chi connectivity index (χ0) is 14.4. The van der Waals surface area contributed by atoms with Crippen LogP contribution in [0, 0.1) is 10.1 Å². The first-order valence-corrected chi connectivity index (χ1v) is 7.61. The number of nitro benzene ring substituents is 1. The number of ketones is 1. The molecule has 1 rings (SSSR count).